The zero-order valence-corrected chi connectivity index (χ0v) is 13.0. The highest BCUT2D eigenvalue weighted by atomic mass is 16.2. The Balaban J connectivity index is 2.15. The van der Waals surface area contributed by atoms with Crippen LogP contribution in [0.25, 0.3) is 0 Å². The number of nitrogens with zero attached hydrogens (tertiary/aromatic N) is 3. The monoisotopic (exact) mass is 285 g/mol. The highest BCUT2D eigenvalue weighted by molar-refractivity contribution is 5.92. The first-order valence-corrected chi connectivity index (χ1v) is 7.17. The van der Waals surface area contributed by atoms with Gasteiger partial charge in [-0.1, -0.05) is 30.3 Å². The molecular weight excluding hydrogens is 262 g/mol. The molecular formula is C17H23N3O. The Kier molecular flexibility index (Phi) is 5.17. The van der Waals surface area contributed by atoms with Gasteiger partial charge in [-0.05, 0) is 31.8 Å². The number of aryl methyl sites for hydroxylation is 1. The maximum absolute atomic E-state index is 12.7. The summed E-state index contributed by atoms with van der Waals surface area (Å²) in [5, 5.41) is 0. The summed E-state index contributed by atoms with van der Waals surface area (Å²) in [4.78, 5) is 16.7. The highest BCUT2D eigenvalue weighted by Crippen LogP contribution is 2.10. The molecule has 0 aliphatic heterocycles. The third-order valence-electron chi connectivity index (χ3n) is 3.48. The van der Waals surface area contributed by atoms with Gasteiger partial charge in [0.25, 0.3) is 5.91 Å². The van der Waals surface area contributed by atoms with Crippen LogP contribution in [-0.4, -0.2) is 47.5 Å². The Morgan fingerprint density at radius 2 is 1.76 bits per heavy atom. The summed E-state index contributed by atoms with van der Waals surface area (Å²) in [6.07, 6.45) is 1.90. The van der Waals surface area contributed by atoms with Crippen LogP contribution < -0.4 is 0 Å². The number of amides is 1. The first-order chi connectivity index (χ1) is 10.1. The van der Waals surface area contributed by atoms with E-state index in [4.69, 9.17) is 0 Å². The Bertz CT molecular complexity index is 575. The van der Waals surface area contributed by atoms with Gasteiger partial charge < -0.3 is 14.4 Å². The van der Waals surface area contributed by atoms with Crippen molar-refractivity contribution >= 4 is 5.91 Å². The van der Waals surface area contributed by atoms with E-state index in [1.807, 2.05) is 67.1 Å². The summed E-state index contributed by atoms with van der Waals surface area (Å²) >= 11 is 0. The zero-order valence-electron chi connectivity index (χ0n) is 13.0. The quantitative estimate of drug-likeness (QED) is 0.814. The van der Waals surface area contributed by atoms with Crippen LogP contribution in [0.15, 0.2) is 48.7 Å². The van der Waals surface area contributed by atoms with E-state index in [-0.39, 0.29) is 5.91 Å². The van der Waals surface area contributed by atoms with Crippen molar-refractivity contribution in [3.05, 3.63) is 59.9 Å². The van der Waals surface area contributed by atoms with Crippen molar-refractivity contribution in [1.29, 1.82) is 0 Å². The van der Waals surface area contributed by atoms with Crippen LogP contribution in [0.2, 0.25) is 0 Å². The molecule has 0 saturated carbocycles. The molecule has 0 saturated heterocycles. The number of rotatable bonds is 6. The third kappa shape index (κ3) is 4.20. The molecule has 1 aromatic heterocycles. The van der Waals surface area contributed by atoms with Crippen LogP contribution in [0.4, 0.5) is 0 Å². The van der Waals surface area contributed by atoms with Gasteiger partial charge in [-0.3, -0.25) is 4.79 Å². The molecule has 0 N–H and O–H groups in total. The van der Waals surface area contributed by atoms with E-state index in [2.05, 4.69) is 17.0 Å². The standard InChI is InChI=1S/C17H23N3O/c1-18(2)12-13-20(14-15-8-5-4-6-9-15)17(21)16-10-7-11-19(16)3/h4-11H,12-14H2,1-3H3. The number of hydrogen-bond acceptors (Lipinski definition) is 2. The van der Waals surface area contributed by atoms with Crippen LogP contribution in [0.5, 0.6) is 0 Å². The first kappa shape index (κ1) is 15.3. The first-order valence-electron chi connectivity index (χ1n) is 7.17. The maximum Gasteiger partial charge on any atom is 0.270 e. The zero-order chi connectivity index (χ0) is 15.2. The molecule has 112 valence electrons. The van der Waals surface area contributed by atoms with Crippen LogP contribution in [0.1, 0.15) is 16.1 Å². The molecule has 2 rings (SSSR count). The molecule has 0 atom stereocenters. The van der Waals surface area contributed by atoms with Gasteiger partial charge in [0.2, 0.25) is 0 Å². The van der Waals surface area contributed by atoms with Crippen LogP contribution >= 0.6 is 0 Å². The summed E-state index contributed by atoms with van der Waals surface area (Å²) in [7, 11) is 5.95. The second kappa shape index (κ2) is 7.09. The Morgan fingerprint density at radius 3 is 2.33 bits per heavy atom. The second-order valence-corrected chi connectivity index (χ2v) is 5.52. The third-order valence-corrected chi connectivity index (χ3v) is 3.48. The fourth-order valence-electron chi connectivity index (χ4n) is 2.22. The molecule has 1 aromatic carbocycles. The SMILES string of the molecule is CN(C)CCN(Cc1ccccc1)C(=O)c1cccn1C. The molecule has 4 nitrogen and oxygen atoms in total. The van der Waals surface area contributed by atoms with E-state index >= 15 is 0 Å². The van der Waals surface area contributed by atoms with Gasteiger partial charge in [0.1, 0.15) is 5.69 Å². The Labute approximate surface area is 126 Å². The molecule has 0 spiro atoms. The lowest BCUT2D eigenvalue weighted by atomic mass is 10.2. The molecule has 0 radical (unpaired) electrons. The summed E-state index contributed by atoms with van der Waals surface area (Å²) < 4.78 is 1.87. The summed E-state index contributed by atoms with van der Waals surface area (Å²) in [5.74, 6) is 0.0770. The molecule has 0 unspecified atom stereocenters. The number of likely N-dealkylation sites (N-methyl/N-ethyl adjacent to an activating group) is 1. The number of aromatic nitrogens is 1. The van der Waals surface area contributed by atoms with Gasteiger partial charge in [0.05, 0.1) is 0 Å². The van der Waals surface area contributed by atoms with Crippen molar-refractivity contribution in [3.8, 4) is 0 Å². The number of carbonyl (C=O) groups is 1. The van der Waals surface area contributed by atoms with E-state index < -0.39 is 0 Å². The van der Waals surface area contributed by atoms with E-state index in [9.17, 15) is 4.79 Å². The van der Waals surface area contributed by atoms with Crippen molar-refractivity contribution in [2.75, 3.05) is 27.2 Å². The van der Waals surface area contributed by atoms with Gasteiger partial charge in [-0.15, -0.1) is 0 Å². The fraction of sp³-hybridized carbons (Fsp3) is 0.353. The minimum Gasteiger partial charge on any atom is -0.347 e. The molecule has 4 heteroatoms. The fourth-order valence-corrected chi connectivity index (χ4v) is 2.22. The predicted octanol–water partition coefficient (Wildman–Crippen LogP) is 2.23. The second-order valence-electron chi connectivity index (χ2n) is 5.52. The molecule has 0 bridgehead atoms. The van der Waals surface area contributed by atoms with E-state index in [0.717, 1.165) is 17.8 Å². The molecule has 2 aromatic rings. The largest absolute Gasteiger partial charge is 0.347 e. The average molecular weight is 285 g/mol. The lowest BCUT2D eigenvalue weighted by Gasteiger charge is -2.24. The smallest absolute Gasteiger partial charge is 0.270 e. The predicted molar refractivity (Wildman–Crippen MR) is 85.1 cm³/mol. The average Bonchev–Trinajstić information content (AvgIpc) is 2.90. The van der Waals surface area contributed by atoms with Gasteiger partial charge in [-0.25, -0.2) is 0 Å². The lowest BCUT2D eigenvalue weighted by Crippen LogP contribution is -2.37. The van der Waals surface area contributed by atoms with Gasteiger partial charge in [-0.2, -0.15) is 0 Å². The molecule has 0 aliphatic rings. The van der Waals surface area contributed by atoms with Gasteiger partial charge >= 0.3 is 0 Å². The number of benzene rings is 1. The molecule has 21 heavy (non-hydrogen) atoms. The Hall–Kier alpha value is -2.07. The van der Waals surface area contributed by atoms with E-state index in [0.29, 0.717) is 13.1 Å². The van der Waals surface area contributed by atoms with Crippen LogP contribution in [0.3, 0.4) is 0 Å². The van der Waals surface area contributed by atoms with Crippen molar-refractivity contribution in [3.63, 3.8) is 0 Å². The molecule has 1 amide bonds. The maximum atomic E-state index is 12.7. The minimum atomic E-state index is 0.0770. The summed E-state index contributed by atoms with van der Waals surface area (Å²) in [5.41, 5.74) is 1.88. The normalized spacial score (nSPS) is 10.9. The summed E-state index contributed by atoms with van der Waals surface area (Å²) in [6, 6.07) is 13.9. The van der Waals surface area contributed by atoms with Crippen LogP contribution in [-0.2, 0) is 13.6 Å². The van der Waals surface area contributed by atoms with Gasteiger partial charge in [0, 0.05) is 32.9 Å². The van der Waals surface area contributed by atoms with Gasteiger partial charge in [0.15, 0.2) is 0 Å². The van der Waals surface area contributed by atoms with Crippen LogP contribution in [0, 0.1) is 0 Å². The minimum absolute atomic E-state index is 0.0770. The van der Waals surface area contributed by atoms with Crippen molar-refractivity contribution in [1.82, 2.24) is 14.4 Å². The van der Waals surface area contributed by atoms with Crippen molar-refractivity contribution < 1.29 is 4.79 Å². The molecule has 0 aliphatic carbocycles. The van der Waals surface area contributed by atoms with E-state index in [1.165, 1.54) is 0 Å². The molecule has 1 heterocycles. The van der Waals surface area contributed by atoms with Crippen molar-refractivity contribution in [2.45, 2.75) is 6.54 Å². The summed E-state index contributed by atoms with van der Waals surface area (Å²) in [6.45, 7) is 2.20. The highest BCUT2D eigenvalue weighted by Gasteiger charge is 2.18. The number of carbonyl (C=O) groups excluding carboxylic acids is 1. The molecule has 0 fully saturated rings. The number of hydrogen-bond donors (Lipinski definition) is 0. The van der Waals surface area contributed by atoms with Crippen molar-refractivity contribution in [2.24, 2.45) is 7.05 Å². The Morgan fingerprint density at radius 1 is 1.05 bits per heavy atom. The topological polar surface area (TPSA) is 28.5 Å². The van der Waals surface area contributed by atoms with E-state index in [1.54, 1.807) is 0 Å². The lowest BCUT2D eigenvalue weighted by molar-refractivity contribution is 0.0722.